The molecule has 3 aromatic rings. The first kappa shape index (κ1) is 16.9. The lowest BCUT2D eigenvalue weighted by atomic mass is 10.2. The number of rotatable bonds is 5. The number of aromatic nitrogens is 2. The number of carbonyl (C=O) groups excluding carboxylic acids is 2. The van der Waals surface area contributed by atoms with E-state index in [1.165, 1.54) is 0 Å². The van der Waals surface area contributed by atoms with Crippen LogP contribution in [0.15, 0.2) is 42.5 Å². The van der Waals surface area contributed by atoms with Crippen molar-refractivity contribution in [3.63, 3.8) is 0 Å². The van der Waals surface area contributed by atoms with Gasteiger partial charge in [0, 0.05) is 12.6 Å². The van der Waals surface area contributed by atoms with E-state index in [-0.39, 0.29) is 31.7 Å². The van der Waals surface area contributed by atoms with Crippen LogP contribution in [0.5, 0.6) is 11.5 Å². The molecule has 0 saturated carbocycles. The number of nitrogens with one attached hydrogen (secondary N) is 2. The zero-order valence-electron chi connectivity index (χ0n) is 14.7. The highest BCUT2D eigenvalue weighted by atomic mass is 16.7. The summed E-state index contributed by atoms with van der Waals surface area (Å²) in [6, 6.07) is 12.6. The second-order valence-corrected chi connectivity index (χ2v) is 6.10. The molecule has 0 atom stereocenters. The van der Waals surface area contributed by atoms with Crippen molar-refractivity contribution >= 4 is 22.8 Å². The summed E-state index contributed by atoms with van der Waals surface area (Å²) in [4.78, 5) is 28.7. The molecule has 2 amide bonds. The summed E-state index contributed by atoms with van der Waals surface area (Å²) in [6.07, 6.45) is 0. The van der Waals surface area contributed by atoms with E-state index in [9.17, 15) is 9.59 Å². The van der Waals surface area contributed by atoms with Crippen molar-refractivity contribution in [3.05, 3.63) is 53.9 Å². The highest BCUT2D eigenvalue weighted by Crippen LogP contribution is 2.32. The molecule has 2 aromatic carbocycles. The molecule has 0 saturated heterocycles. The van der Waals surface area contributed by atoms with E-state index < -0.39 is 0 Å². The van der Waals surface area contributed by atoms with E-state index in [1.54, 1.807) is 18.2 Å². The first-order valence-electron chi connectivity index (χ1n) is 8.47. The standard InChI is InChI=1S/C19H18N4O4/c1-23-14-5-3-2-4-13(14)22-17(23)9-20-18(24)10-21-19(25)12-6-7-15-16(8-12)27-11-26-15/h2-8H,9-11H2,1H3,(H,20,24)(H,21,25). The molecule has 8 nitrogen and oxygen atoms in total. The lowest BCUT2D eigenvalue weighted by Crippen LogP contribution is -2.37. The number of nitrogens with zero attached hydrogens (tertiary/aromatic N) is 2. The van der Waals surface area contributed by atoms with Crippen molar-refractivity contribution in [2.45, 2.75) is 6.54 Å². The van der Waals surface area contributed by atoms with Gasteiger partial charge in [-0.2, -0.15) is 0 Å². The van der Waals surface area contributed by atoms with Crippen molar-refractivity contribution in [3.8, 4) is 11.5 Å². The monoisotopic (exact) mass is 366 g/mol. The van der Waals surface area contributed by atoms with Gasteiger partial charge in [0.1, 0.15) is 5.82 Å². The fourth-order valence-electron chi connectivity index (χ4n) is 2.89. The number of imidazole rings is 1. The number of benzene rings is 2. The molecule has 0 aliphatic carbocycles. The van der Waals surface area contributed by atoms with Crippen LogP contribution in [-0.4, -0.2) is 34.7 Å². The zero-order chi connectivity index (χ0) is 18.8. The van der Waals surface area contributed by atoms with E-state index >= 15 is 0 Å². The molecule has 0 radical (unpaired) electrons. The molecule has 8 heteroatoms. The number of amides is 2. The van der Waals surface area contributed by atoms with Gasteiger partial charge in [0.05, 0.1) is 24.1 Å². The normalized spacial score (nSPS) is 12.2. The second-order valence-electron chi connectivity index (χ2n) is 6.10. The summed E-state index contributed by atoms with van der Waals surface area (Å²) in [5.74, 6) is 1.22. The Kier molecular flexibility index (Phi) is 4.37. The molecular formula is C19H18N4O4. The van der Waals surface area contributed by atoms with Gasteiger partial charge in [-0.05, 0) is 30.3 Å². The Morgan fingerprint density at radius 3 is 2.78 bits per heavy atom. The molecule has 27 heavy (non-hydrogen) atoms. The van der Waals surface area contributed by atoms with Gasteiger partial charge < -0.3 is 24.7 Å². The topological polar surface area (TPSA) is 94.5 Å². The van der Waals surface area contributed by atoms with Gasteiger partial charge in [-0.15, -0.1) is 0 Å². The smallest absolute Gasteiger partial charge is 0.251 e. The number of ether oxygens (including phenoxy) is 2. The maximum absolute atomic E-state index is 12.2. The Labute approximate surface area is 155 Å². The first-order chi connectivity index (χ1) is 13.1. The molecule has 2 heterocycles. The Morgan fingerprint density at radius 1 is 1.11 bits per heavy atom. The van der Waals surface area contributed by atoms with Gasteiger partial charge in [-0.1, -0.05) is 12.1 Å². The highest BCUT2D eigenvalue weighted by Gasteiger charge is 2.16. The molecule has 1 aliphatic rings. The van der Waals surface area contributed by atoms with Gasteiger partial charge in [-0.3, -0.25) is 9.59 Å². The molecule has 0 fully saturated rings. The predicted molar refractivity (Wildman–Crippen MR) is 97.5 cm³/mol. The Hall–Kier alpha value is -3.55. The summed E-state index contributed by atoms with van der Waals surface area (Å²) >= 11 is 0. The molecular weight excluding hydrogens is 348 g/mol. The quantitative estimate of drug-likeness (QED) is 0.711. The van der Waals surface area contributed by atoms with Crippen molar-refractivity contribution in [2.75, 3.05) is 13.3 Å². The van der Waals surface area contributed by atoms with Crippen LogP contribution < -0.4 is 20.1 Å². The van der Waals surface area contributed by atoms with Crippen LogP contribution in [0.25, 0.3) is 11.0 Å². The van der Waals surface area contributed by atoms with E-state index in [0.29, 0.717) is 17.1 Å². The largest absolute Gasteiger partial charge is 0.454 e. The summed E-state index contributed by atoms with van der Waals surface area (Å²) < 4.78 is 12.4. The van der Waals surface area contributed by atoms with Crippen LogP contribution in [0.1, 0.15) is 16.2 Å². The number of hydrogen-bond acceptors (Lipinski definition) is 5. The molecule has 1 aliphatic heterocycles. The van der Waals surface area contributed by atoms with Gasteiger partial charge in [0.2, 0.25) is 12.7 Å². The zero-order valence-corrected chi connectivity index (χ0v) is 14.7. The summed E-state index contributed by atoms with van der Waals surface area (Å²) in [6.45, 7) is 0.298. The molecule has 1 aromatic heterocycles. The van der Waals surface area contributed by atoms with Gasteiger partial charge >= 0.3 is 0 Å². The summed E-state index contributed by atoms with van der Waals surface area (Å²) in [7, 11) is 1.90. The average Bonchev–Trinajstić information content (AvgIpc) is 3.28. The van der Waals surface area contributed by atoms with Crippen LogP contribution in [0.2, 0.25) is 0 Å². The number of hydrogen-bond donors (Lipinski definition) is 2. The van der Waals surface area contributed by atoms with E-state index in [0.717, 1.165) is 16.9 Å². The van der Waals surface area contributed by atoms with Crippen molar-refractivity contribution in [1.82, 2.24) is 20.2 Å². The fraction of sp³-hybridized carbons (Fsp3) is 0.211. The van der Waals surface area contributed by atoms with E-state index in [1.807, 2.05) is 35.9 Å². The molecule has 138 valence electrons. The molecule has 0 bridgehead atoms. The number of carbonyl (C=O) groups is 2. The SMILES string of the molecule is Cn1c(CNC(=O)CNC(=O)c2ccc3c(c2)OCO3)nc2ccccc21. The van der Waals surface area contributed by atoms with E-state index in [4.69, 9.17) is 9.47 Å². The summed E-state index contributed by atoms with van der Waals surface area (Å²) in [5, 5.41) is 5.36. The number of fused-ring (bicyclic) bond motifs is 2. The van der Waals surface area contributed by atoms with Crippen molar-refractivity contribution in [2.24, 2.45) is 7.05 Å². The predicted octanol–water partition coefficient (Wildman–Crippen LogP) is 1.35. The molecule has 2 N–H and O–H groups in total. The Morgan fingerprint density at radius 2 is 1.93 bits per heavy atom. The van der Waals surface area contributed by atoms with Crippen LogP contribution in [0.3, 0.4) is 0 Å². The maximum Gasteiger partial charge on any atom is 0.251 e. The van der Waals surface area contributed by atoms with Crippen LogP contribution in [0, 0.1) is 0 Å². The number of aryl methyl sites for hydroxylation is 1. The molecule has 4 rings (SSSR count). The number of para-hydroxylation sites is 2. The van der Waals surface area contributed by atoms with E-state index in [2.05, 4.69) is 15.6 Å². The van der Waals surface area contributed by atoms with Crippen LogP contribution >= 0.6 is 0 Å². The summed E-state index contributed by atoms with van der Waals surface area (Å²) in [5.41, 5.74) is 2.28. The Balaban J connectivity index is 1.31. The fourth-order valence-corrected chi connectivity index (χ4v) is 2.89. The lowest BCUT2D eigenvalue weighted by molar-refractivity contribution is -0.120. The lowest BCUT2D eigenvalue weighted by Gasteiger charge is -2.08. The highest BCUT2D eigenvalue weighted by molar-refractivity contribution is 5.97. The van der Waals surface area contributed by atoms with Crippen molar-refractivity contribution in [1.29, 1.82) is 0 Å². The minimum absolute atomic E-state index is 0.128. The first-order valence-corrected chi connectivity index (χ1v) is 8.47. The van der Waals surface area contributed by atoms with Gasteiger partial charge in [-0.25, -0.2) is 4.98 Å². The van der Waals surface area contributed by atoms with Crippen molar-refractivity contribution < 1.29 is 19.1 Å². The van der Waals surface area contributed by atoms with Gasteiger partial charge in [0.15, 0.2) is 11.5 Å². The van der Waals surface area contributed by atoms with Gasteiger partial charge in [0.25, 0.3) is 5.91 Å². The third kappa shape index (κ3) is 3.41. The molecule has 0 spiro atoms. The second kappa shape index (κ2) is 6.99. The average molecular weight is 366 g/mol. The minimum atomic E-state index is -0.355. The maximum atomic E-state index is 12.2. The molecule has 0 unspecified atom stereocenters. The van der Waals surface area contributed by atoms with Crippen LogP contribution in [-0.2, 0) is 18.4 Å². The minimum Gasteiger partial charge on any atom is -0.454 e. The third-order valence-corrected chi connectivity index (χ3v) is 4.37. The third-order valence-electron chi connectivity index (χ3n) is 4.37. The Bertz CT molecular complexity index is 1030. The van der Waals surface area contributed by atoms with Crippen LogP contribution in [0.4, 0.5) is 0 Å².